The van der Waals surface area contributed by atoms with Gasteiger partial charge in [0, 0.05) is 18.0 Å². The van der Waals surface area contributed by atoms with Crippen molar-refractivity contribution in [2.75, 3.05) is 6.54 Å². The molecular weight excluding hydrogens is 406 g/mol. The van der Waals surface area contributed by atoms with Gasteiger partial charge in [0.2, 0.25) is 0 Å². The molecule has 176 valence electrons. The van der Waals surface area contributed by atoms with E-state index in [0.29, 0.717) is 17.8 Å². The fraction of sp³-hybridized carbons (Fsp3) is 0.667. The molecule has 0 aromatic carbocycles. The third kappa shape index (κ3) is 5.22. The van der Waals surface area contributed by atoms with Crippen molar-refractivity contribution in [3.05, 3.63) is 23.5 Å². The Hall–Kier alpha value is -2.64. The van der Waals surface area contributed by atoms with Crippen molar-refractivity contribution >= 4 is 23.0 Å². The van der Waals surface area contributed by atoms with Crippen LogP contribution < -0.4 is 10.6 Å². The Morgan fingerprint density at radius 2 is 2.03 bits per heavy atom. The molecule has 0 spiro atoms. The normalized spacial score (nSPS) is 21.6. The van der Waals surface area contributed by atoms with Gasteiger partial charge in [0.1, 0.15) is 5.60 Å². The molecule has 1 fully saturated rings. The van der Waals surface area contributed by atoms with Gasteiger partial charge in [0.05, 0.1) is 23.0 Å². The van der Waals surface area contributed by atoms with Gasteiger partial charge in [0.25, 0.3) is 5.91 Å². The number of hydrogen-bond acceptors (Lipinski definition) is 5. The summed E-state index contributed by atoms with van der Waals surface area (Å²) in [7, 11) is 0. The second kappa shape index (κ2) is 9.08. The van der Waals surface area contributed by atoms with E-state index < -0.39 is 17.2 Å². The standard InChI is InChI=1S/C24H37N5O3/c1-15(2)29-20-18(13-26-29)12-19(17(4)27-20)21(30)28-24(11-9-8-10-16(24)3)14-25-22(31)32-23(5,6)7/h12-13,15-16H,8-11,14H2,1-7H3,(H,25,31)(H,28,30)/t16-,24+/m1/s1. The summed E-state index contributed by atoms with van der Waals surface area (Å²) >= 11 is 0. The third-order valence-electron chi connectivity index (χ3n) is 6.26. The summed E-state index contributed by atoms with van der Waals surface area (Å²) in [5, 5.41) is 11.4. The molecule has 8 heteroatoms. The third-order valence-corrected chi connectivity index (χ3v) is 6.26. The van der Waals surface area contributed by atoms with Gasteiger partial charge in [-0.1, -0.05) is 19.8 Å². The minimum Gasteiger partial charge on any atom is -0.444 e. The Morgan fingerprint density at radius 3 is 2.66 bits per heavy atom. The molecular formula is C24H37N5O3. The van der Waals surface area contributed by atoms with Crippen LogP contribution in [0.15, 0.2) is 12.3 Å². The number of fused-ring (bicyclic) bond motifs is 1. The molecule has 0 bridgehead atoms. The van der Waals surface area contributed by atoms with Gasteiger partial charge in [-0.2, -0.15) is 5.10 Å². The number of amides is 2. The van der Waals surface area contributed by atoms with Crippen LogP contribution in [-0.4, -0.2) is 44.4 Å². The number of nitrogens with zero attached hydrogens (tertiary/aromatic N) is 3. The molecule has 1 aliphatic rings. The molecule has 2 aromatic rings. The highest BCUT2D eigenvalue weighted by molar-refractivity contribution is 5.98. The Labute approximate surface area is 190 Å². The molecule has 0 radical (unpaired) electrons. The predicted molar refractivity (Wildman–Crippen MR) is 125 cm³/mol. The number of nitrogens with one attached hydrogen (secondary N) is 2. The second-order valence-corrected chi connectivity index (χ2v) is 10.3. The van der Waals surface area contributed by atoms with Crippen LogP contribution in [0, 0.1) is 12.8 Å². The van der Waals surface area contributed by atoms with E-state index in [2.05, 4.69) is 41.5 Å². The average Bonchev–Trinajstić information content (AvgIpc) is 3.09. The lowest BCUT2D eigenvalue weighted by molar-refractivity contribution is 0.0469. The smallest absolute Gasteiger partial charge is 0.407 e. The van der Waals surface area contributed by atoms with E-state index >= 15 is 0 Å². The largest absolute Gasteiger partial charge is 0.444 e. The number of ether oxygens (including phenoxy) is 1. The zero-order valence-electron chi connectivity index (χ0n) is 20.4. The minimum absolute atomic E-state index is 0.172. The molecule has 2 N–H and O–H groups in total. The molecule has 3 rings (SSSR count). The highest BCUT2D eigenvalue weighted by atomic mass is 16.6. The molecule has 1 aliphatic carbocycles. The van der Waals surface area contributed by atoms with E-state index in [0.717, 1.165) is 36.7 Å². The molecule has 8 nitrogen and oxygen atoms in total. The fourth-order valence-electron chi connectivity index (χ4n) is 4.42. The Bertz CT molecular complexity index is 991. The lowest BCUT2D eigenvalue weighted by atomic mass is 9.73. The number of carbonyl (C=O) groups excluding carboxylic acids is 2. The monoisotopic (exact) mass is 443 g/mol. The van der Waals surface area contributed by atoms with Crippen molar-refractivity contribution in [2.45, 2.75) is 91.3 Å². The lowest BCUT2D eigenvalue weighted by Gasteiger charge is -2.43. The van der Waals surface area contributed by atoms with Crippen LogP contribution in [0.3, 0.4) is 0 Å². The molecule has 2 heterocycles. The van der Waals surface area contributed by atoms with Crippen LogP contribution in [0.5, 0.6) is 0 Å². The average molecular weight is 444 g/mol. The fourth-order valence-corrected chi connectivity index (χ4v) is 4.42. The Morgan fingerprint density at radius 1 is 1.31 bits per heavy atom. The molecule has 32 heavy (non-hydrogen) atoms. The maximum atomic E-state index is 13.4. The number of alkyl carbamates (subject to hydrolysis) is 1. The quantitative estimate of drug-likeness (QED) is 0.708. The summed E-state index contributed by atoms with van der Waals surface area (Å²) in [6.07, 6.45) is 5.19. The van der Waals surface area contributed by atoms with Crippen molar-refractivity contribution in [1.29, 1.82) is 0 Å². The van der Waals surface area contributed by atoms with E-state index in [1.807, 2.05) is 38.4 Å². The van der Waals surface area contributed by atoms with Crippen LogP contribution in [0.2, 0.25) is 0 Å². The van der Waals surface area contributed by atoms with Crippen LogP contribution >= 0.6 is 0 Å². The molecule has 0 saturated heterocycles. The summed E-state index contributed by atoms with van der Waals surface area (Å²) in [5.41, 5.74) is 0.875. The van der Waals surface area contributed by atoms with Gasteiger partial charge in [-0.25, -0.2) is 14.5 Å². The van der Waals surface area contributed by atoms with E-state index in [-0.39, 0.29) is 17.9 Å². The first-order valence-corrected chi connectivity index (χ1v) is 11.6. The van der Waals surface area contributed by atoms with Gasteiger partial charge in [-0.3, -0.25) is 4.79 Å². The predicted octanol–water partition coefficient (Wildman–Crippen LogP) is 4.52. The highest BCUT2D eigenvalue weighted by Crippen LogP contribution is 2.34. The zero-order chi connectivity index (χ0) is 23.7. The molecule has 0 aliphatic heterocycles. The summed E-state index contributed by atoms with van der Waals surface area (Å²) < 4.78 is 7.27. The van der Waals surface area contributed by atoms with Gasteiger partial charge in [-0.05, 0) is 66.4 Å². The van der Waals surface area contributed by atoms with Gasteiger partial charge >= 0.3 is 6.09 Å². The molecule has 1 saturated carbocycles. The van der Waals surface area contributed by atoms with E-state index in [1.54, 1.807) is 6.20 Å². The van der Waals surface area contributed by atoms with Crippen molar-refractivity contribution in [3.63, 3.8) is 0 Å². The lowest BCUT2D eigenvalue weighted by Crippen LogP contribution is -2.61. The Kier molecular flexibility index (Phi) is 6.81. The SMILES string of the molecule is Cc1nc2c(cnn2C(C)C)cc1C(=O)N[C@]1(CNC(=O)OC(C)(C)C)CCCC[C@H]1C. The molecule has 2 amide bonds. The first kappa shape index (κ1) is 24.0. The molecule has 0 unspecified atom stereocenters. The maximum absolute atomic E-state index is 13.4. The second-order valence-electron chi connectivity index (χ2n) is 10.3. The summed E-state index contributed by atoms with van der Waals surface area (Å²) in [5.74, 6) is 0.0461. The van der Waals surface area contributed by atoms with Crippen molar-refractivity contribution in [3.8, 4) is 0 Å². The van der Waals surface area contributed by atoms with E-state index in [4.69, 9.17) is 4.74 Å². The molecule has 2 atom stereocenters. The summed E-state index contributed by atoms with van der Waals surface area (Å²) in [6.45, 7) is 13.9. The number of carbonyl (C=O) groups is 2. The van der Waals surface area contributed by atoms with Crippen LogP contribution in [0.4, 0.5) is 4.79 Å². The van der Waals surface area contributed by atoms with Crippen molar-refractivity contribution in [2.24, 2.45) is 5.92 Å². The van der Waals surface area contributed by atoms with Crippen LogP contribution in [0.25, 0.3) is 11.0 Å². The Balaban J connectivity index is 1.84. The van der Waals surface area contributed by atoms with Gasteiger partial charge in [-0.15, -0.1) is 0 Å². The van der Waals surface area contributed by atoms with Crippen molar-refractivity contribution < 1.29 is 14.3 Å². The summed E-state index contributed by atoms with van der Waals surface area (Å²) in [6, 6.07) is 2.05. The minimum atomic E-state index is -0.572. The summed E-state index contributed by atoms with van der Waals surface area (Å²) in [4.78, 5) is 30.4. The number of pyridine rings is 1. The number of rotatable bonds is 5. The molecule has 2 aromatic heterocycles. The number of hydrogen-bond donors (Lipinski definition) is 2. The van der Waals surface area contributed by atoms with Crippen molar-refractivity contribution in [1.82, 2.24) is 25.4 Å². The first-order chi connectivity index (χ1) is 14.9. The van der Waals surface area contributed by atoms with Gasteiger partial charge < -0.3 is 15.4 Å². The van der Waals surface area contributed by atoms with Crippen LogP contribution in [0.1, 0.15) is 89.3 Å². The van der Waals surface area contributed by atoms with E-state index in [9.17, 15) is 9.59 Å². The topological polar surface area (TPSA) is 98.1 Å². The first-order valence-electron chi connectivity index (χ1n) is 11.6. The number of aromatic nitrogens is 3. The van der Waals surface area contributed by atoms with Crippen LogP contribution in [-0.2, 0) is 4.74 Å². The zero-order valence-corrected chi connectivity index (χ0v) is 20.4. The highest BCUT2D eigenvalue weighted by Gasteiger charge is 2.40. The van der Waals surface area contributed by atoms with E-state index in [1.165, 1.54) is 0 Å². The number of aryl methyl sites for hydroxylation is 1. The van der Waals surface area contributed by atoms with Gasteiger partial charge in [0.15, 0.2) is 5.65 Å². The maximum Gasteiger partial charge on any atom is 0.407 e.